The van der Waals surface area contributed by atoms with Gasteiger partial charge in [-0.1, -0.05) is 88.4 Å². The second-order valence-electron chi connectivity index (χ2n) is 7.82. The molecule has 5 nitrogen and oxygen atoms in total. The van der Waals surface area contributed by atoms with Crippen LogP contribution in [0.1, 0.15) is 97.8 Å². The average Bonchev–Trinajstić information content (AvgIpc) is 2.61. The van der Waals surface area contributed by atoms with Crippen LogP contribution >= 0.6 is 0 Å². The molecule has 1 aliphatic rings. The van der Waals surface area contributed by atoms with E-state index in [1.54, 1.807) is 0 Å². The minimum Gasteiger partial charge on any atom is -0.350 e. The fraction of sp³-hybridized carbons (Fsp3) is 0.905. The van der Waals surface area contributed by atoms with Crippen LogP contribution in [0.3, 0.4) is 0 Å². The van der Waals surface area contributed by atoms with Crippen LogP contribution in [0.5, 0.6) is 0 Å². The molecule has 0 radical (unpaired) electrons. The molecule has 2 atom stereocenters. The van der Waals surface area contributed by atoms with Gasteiger partial charge in [0.05, 0.1) is 18.8 Å². The van der Waals surface area contributed by atoms with Gasteiger partial charge in [0.15, 0.2) is 5.79 Å². The van der Waals surface area contributed by atoms with Crippen molar-refractivity contribution in [3.05, 3.63) is 22.6 Å². The van der Waals surface area contributed by atoms with E-state index in [0.717, 1.165) is 6.42 Å². The molecule has 0 bridgehead atoms. The average molecular weight is 366 g/mol. The Labute approximate surface area is 160 Å². The molecule has 0 spiro atoms. The number of ether oxygens (including phenoxy) is 2. The Bertz CT molecular complexity index is 431. The molecule has 0 aromatic carbocycles. The molecule has 1 fully saturated rings. The third-order valence-corrected chi connectivity index (χ3v) is 4.90. The normalized spacial score (nSPS) is 22.4. The minimum atomic E-state index is -0.618. The molecule has 0 N–H and O–H groups in total. The molecule has 26 heavy (non-hydrogen) atoms. The molecule has 150 valence electrons. The zero-order valence-electron chi connectivity index (χ0n) is 17.2. The van der Waals surface area contributed by atoms with E-state index in [2.05, 4.69) is 23.0 Å². The molecule has 0 saturated carbocycles. The van der Waals surface area contributed by atoms with Crippen LogP contribution in [0.4, 0.5) is 0 Å². The lowest BCUT2D eigenvalue weighted by atomic mass is 10.0. The Morgan fingerprint density at radius 2 is 1.58 bits per heavy atom. The Balaban J connectivity index is 2.06. The van der Waals surface area contributed by atoms with Crippen LogP contribution in [0.25, 0.3) is 10.4 Å². The summed E-state index contributed by atoms with van der Waals surface area (Å²) < 4.78 is 11.4. The smallest absolute Gasteiger partial charge is 0.163 e. The SMILES string of the molecule is CCCCCCCCCCCCCC=C[C@H]1OC(C)(C)OC[C@@H]1N=[N+]=[N-]. The van der Waals surface area contributed by atoms with E-state index in [4.69, 9.17) is 15.0 Å². The first-order valence-corrected chi connectivity index (χ1v) is 10.6. The topological polar surface area (TPSA) is 67.2 Å². The van der Waals surface area contributed by atoms with Gasteiger partial charge < -0.3 is 9.47 Å². The van der Waals surface area contributed by atoms with Gasteiger partial charge in [0.25, 0.3) is 0 Å². The van der Waals surface area contributed by atoms with Crippen molar-refractivity contribution in [2.45, 2.75) is 116 Å². The van der Waals surface area contributed by atoms with E-state index >= 15 is 0 Å². The summed E-state index contributed by atoms with van der Waals surface area (Å²) >= 11 is 0. The second-order valence-corrected chi connectivity index (χ2v) is 7.82. The zero-order chi connectivity index (χ0) is 19.1. The maximum atomic E-state index is 8.67. The van der Waals surface area contributed by atoms with Gasteiger partial charge in [0.2, 0.25) is 0 Å². The van der Waals surface area contributed by atoms with Gasteiger partial charge in [-0.3, -0.25) is 0 Å². The zero-order valence-corrected chi connectivity index (χ0v) is 17.2. The van der Waals surface area contributed by atoms with E-state index in [1.807, 2.05) is 19.9 Å². The van der Waals surface area contributed by atoms with Gasteiger partial charge >= 0.3 is 0 Å². The van der Waals surface area contributed by atoms with Crippen molar-refractivity contribution in [1.29, 1.82) is 0 Å². The molecule has 0 aromatic heterocycles. The number of allylic oxidation sites excluding steroid dienone is 1. The van der Waals surface area contributed by atoms with Crippen LogP contribution < -0.4 is 0 Å². The molecule has 1 rings (SSSR count). The predicted molar refractivity (Wildman–Crippen MR) is 108 cm³/mol. The summed E-state index contributed by atoms with van der Waals surface area (Å²) in [6.07, 6.45) is 20.1. The van der Waals surface area contributed by atoms with Crippen molar-refractivity contribution in [2.24, 2.45) is 5.11 Å². The molecular weight excluding hydrogens is 326 g/mol. The lowest BCUT2D eigenvalue weighted by Crippen LogP contribution is -2.46. The third kappa shape index (κ3) is 10.8. The van der Waals surface area contributed by atoms with Crippen LogP contribution in [0.15, 0.2) is 17.3 Å². The first-order valence-electron chi connectivity index (χ1n) is 10.6. The predicted octanol–water partition coefficient (Wildman–Crippen LogP) is 7.07. The Morgan fingerprint density at radius 1 is 1.00 bits per heavy atom. The number of unbranched alkanes of at least 4 members (excludes halogenated alkanes) is 11. The van der Waals surface area contributed by atoms with Gasteiger partial charge in [0, 0.05) is 4.91 Å². The quantitative estimate of drug-likeness (QED) is 0.108. The van der Waals surface area contributed by atoms with Crippen LogP contribution in [0.2, 0.25) is 0 Å². The number of rotatable bonds is 14. The number of nitrogens with zero attached hydrogens (tertiary/aromatic N) is 3. The van der Waals surface area contributed by atoms with Crippen LogP contribution in [0, 0.1) is 0 Å². The second kappa shape index (κ2) is 14.1. The summed E-state index contributed by atoms with van der Waals surface area (Å²) in [6.45, 7) is 6.46. The first kappa shape index (κ1) is 23.0. The van der Waals surface area contributed by atoms with Crippen LogP contribution in [-0.4, -0.2) is 24.5 Å². The van der Waals surface area contributed by atoms with Gasteiger partial charge in [0.1, 0.15) is 0 Å². The summed E-state index contributed by atoms with van der Waals surface area (Å²) in [5, 5.41) is 3.79. The van der Waals surface area contributed by atoms with E-state index in [9.17, 15) is 0 Å². The Hall–Kier alpha value is -1.03. The Kier molecular flexibility index (Phi) is 12.5. The summed E-state index contributed by atoms with van der Waals surface area (Å²) in [5.41, 5.74) is 8.67. The molecule has 1 aliphatic heterocycles. The highest BCUT2D eigenvalue weighted by Gasteiger charge is 2.34. The largest absolute Gasteiger partial charge is 0.350 e. The fourth-order valence-corrected chi connectivity index (χ4v) is 3.31. The molecule has 0 unspecified atom stereocenters. The van der Waals surface area contributed by atoms with Gasteiger partial charge in [-0.25, -0.2) is 0 Å². The summed E-state index contributed by atoms with van der Waals surface area (Å²) in [5.74, 6) is -0.618. The molecule has 0 aromatic rings. The molecule has 0 amide bonds. The van der Waals surface area contributed by atoms with Crippen molar-refractivity contribution in [3.8, 4) is 0 Å². The van der Waals surface area contributed by atoms with Gasteiger partial charge in [-0.15, -0.1) is 0 Å². The molecule has 5 heteroatoms. The van der Waals surface area contributed by atoms with Crippen molar-refractivity contribution in [2.75, 3.05) is 6.61 Å². The highest BCUT2D eigenvalue weighted by Crippen LogP contribution is 2.25. The standard InChI is InChI=1S/C21H39N3O2/c1-4-5-6-7-8-9-10-11-12-13-14-15-16-17-20-19(23-24-22)18-25-21(2,3)26-20/h16-17,19-20H,4-15,18H2,1-3H3/t19-,20+/m0/s1. The van der Waals surface area contributed by atoms with Gasteiger partial charge in [-0.05, 0) is 32.2 Å². The Morgan fingerprint density at radius 3 is 2.15 bits per heavy atom. The molecule has 1 heterocycles. The van der Waals surface area contributed by atoms with E-state index in [1.165, 1.54) is 70.6 Å². The summed E-state index contributed by atoms with van der Waals surface area (Å²) in [6, 6.07) is -0.276. The monoisotopic (exact) mass is 365 g/mol. The number of azide groups is 1. The van der Waals surface area contributed by atoms with E-state index in [-0.39, 0.29) is 12.1 Å². The first-order chi connectivity index (χ1) is 12.6. The molecule has 0 aliphatic carbocycles. The lowest BCUT2D eigenvalue weighted by molar-refractivity contribution is -0.268. The molecule has 1 saturated heterocycles. The minimum absolute atomic E-state index is 0.192. The fourth-order valence-electron chi connectivity index (χ4n) is 3.31. The summed E-state index contributed by atoms with van der Waals surface area (Å²) in [7, 11) is 0. The van der Waals surface area contributed by atoms with E-state index < -0.39 is 5.79 Å². The maximum absolute atomic E-state index is 8.67. The van der Waals surface area contributed by atoms with Gasteiger partial charge in [-0.2, -0.15) is 0 Å². The lowest BCUT2D eigenvalue weighted by Gasteiger charge is -2.38. The number of hydrogen-bond acceptors (Lipinski definition) is 3. The van der Waals surface area contributed by atoms with Crippen molar-refractivity contribution in [3.63, 3.8) is 0 Å². The van der Waals surface area contributed by atoms with Crippen molar-refractivity contribution < 1.29 is 9.47 Å². The highest BCUT2D eigenvalue weighted by molar-refractivity contribution is 4.99. The maximum Gasteiger partial charge on any atom is 0.163 e. The van der Waals surface area contributed by atoms with E-state index in [0.29, 0.717) is 6.61 Å². The number of hydrogen-bond donors (Lipinski definition) is 0. The summed E-state index contributed by atoms with van der Waals surface area (Å²) in [4.78, 5) is 2.90. The van der Waals surface area contributed by atoms with Crippen LogP contribution in [-0.2, 0) is 9.47 Å². The molecular formula is C21H39N3O2. The van der Waals surface area contributed by atoms with Crippen molar-refractivity contribution >= 4 is 0 Å². The highest BCUT2D eigenvalue weighted by atomic mass is 16.7. The third-order valence-electron chi connectivity index (χ3n) is 4.90. The van der Waals surface area contributed by atoms with Crippen molar-refractivity contribution in [1.82, 2.24) is 0 Å².